The zero-order valence-electron chi connectivity index (χ0n) is 22.7. The molecule has 44 heavy (non-hydrogen) atoms. The summed E-state index contributed by atoms with van der Waals surface area (Å²) in [4.78, 5) is 25.3. The number of halogens is 7. The molecule has 0 N–H and O–H groups in total. The molecule has 0 radical (unpaired) electrons. The van der Waals surface area contributed by atoms with Crippen molar-refractivity contribution in [1.82, 2.24) is 9.97 Å². The molecule has 0 saturated carbocycles. The molecule has 0 amide bonds. The van der Waals surface area contributed by atoms with Crippen LogP contribution >= 0.6 is 34.3 Å². The van der Waals surface area contributed by atoms with Crippen LogP contribution in [0.1, 0.15) is 28.1 Å². The van der Waals surface area contributed by atoms with Gasteiger partial charge in [-0.05, 0) is 42.8 Å². The molecule has 4 aromatic rings. The SMILES string of the molecule is Cc1cc(-c2nc(CC3=NCC=N3)cs2)cc(C(F)(F)F)c1.FC(F)(F)c1cc(-c2nc(CC3=NCC=N3)cs2)ccc1Cl. The molecule has 2 aliphatic rings. The Morgan fingerprint density at radius 3 is 1.80 bits per heavy atom. The van der Waals surface area contributed by atoms with Gasteiger partial charge in [-0.2, -0.15) is 26.3 Å². The number of nitrogens with zero attached hydrogens (tertiary/aromatic N) is 6. The molecule has 0 atom stereocenters. The summed E-state index contributed by atoms with van der Waals surface area (Å²) in [5.74, 6) is 1.39. The average molecular weight is 667 g/mol. The van der Waals surface area contributed by atoms with Crippen molar-refractivity contribution < 1.29 is 26.3 Å². The van der Waals surface area contributed by atoms with Gasteiger partial charge in [-0.15, -0.1) is 22.7 Å². The van der Waals surface area contributed by atoms with Crippen molar-refractivity contribution in [2.75, 3.05) is 13.1 Å². The van der Waals surface area contributed by atoms with Crippen LogP contribution in [0.5, 0.6) is 0 Å². The standard InChI is InChI=1S/C15H12F3N3S.C14H9ClF3N3S/c1-9-4-10(6-11(5-9)15(16,17)18)14-21-12(8-22-14)7-13-19-2-3-20-13;15-11-2-1-8(5-10(11)14(16,17)18)13-21-9(7-22-13)6-12-19-3-4-20-12/h2,4-6,8H,3,7H2,1H3;1-3,5,7H,4,6H2. The number of hydrogen-bond acceptors (Lipinski definition) is 8. The molecule has 0 unspecified atom stereocenters. The van der Waals surface area contributed by atoms with Crippen molar-refractivity contribution in [2.24, 2.45) is 20.0 Å². The molecule has 0 spiro atoms. The molecule has 2 aliphatic heterocycles. The fraction of sp³-hybridized carbons (Fsp3) is 0.241. The summed E-state index contributed by atoms with van der Waals surface area (Å²) < 4.78 is 77.3. The lowest BCUT2D eigenvalue weighted by Crippen LogP contribution is -2.05. The zero-order valence-corrected chi connectivity index (χ0v) is 25.1. The molecule has 2 aromatic heterocycles. The highest BCUT2D eigenvalue weighted by Crippen LogP contribution is 2.38. The highest BCUT2D eigenvalue weighted by Gasteiger charge is 2.34. The van der Waals surface area contributed by atoms with Crippen LogP contribution in [0.3, 0.4) is 0 Å². The third-order valence-corrected chi connectivity index (χ3v) is 8.35. The minimum atomic E-state index is -4.49. The number of aryl methyl sites for hydroxylation is 1. The molecular weight excluding hydrogens is 646 g/mol. The van der Waals surface area contributed by atoms with Crippen LogP contribution in [0.2, 0.25) is 5.02 Å². The van der Waals surface area contributed by atoms with Gasteiger partial charge >= 0.3 is 12.4 Å². The van der Waals surface area contributed by atoms with Crippen LogP contribution in [-0.4, -0.2) is 47.2 Å². The van der Waals surface area contributed by atoms with Gasteiger partial charge in [0.15, 0.2) is 0 Å². The van der Waals surface area contributed by atoms with Gasteiger partial charge in [0, 0.05) is 34.3 Å². The maximum absolute atomic E-state index is 12.9. The quantitative estimate of drug-likeness (QED) is 0.193. The van der Waals surface area contributed by atoms with Crippen LogP contribution < -0.4 is 0 Å². The van der Waals surface area contributed by atoms with Gasteiger partial charge in [0.1, 0.15) is 21.7 Å². The lowest BCUT2D eigenvalue weighted by molar-refractivity contribution is -0.138. The molecule has 6 rings (SSSR count). The minimum Gasteiger partial charge on any atom is -0.264 e. The minimum absolute atomic E-state index is 0.317. The highest BCUT2D eigenvalue weighted by atomic mass is 35.5. The Labute approximate surface area is 260 Å². The van der Waals surface area contributed by atoms with Crippen LogP contribution in [0.4, 0.5) is 26.3 Å². The van der Waals surface area contributed by atoms with E-state index in [9.17, 15) is 26.3 Å². The second-order valence-electron chi connectivity index (χ2n) is 9.56. The lowest BCUT2D eigenvalue weighted by atomic mass is 10.1. The number of thiazole rings is 2. The van der Waals surface area contributed by atoms with Crippen molar-refractivity contribution in [3.05, 3.63) is 80.3 Å². The Hall–Kier alpha value is -3.75. The number of amidine groups is 2. The first-order valence-electron chi connectivity index (χ1n) is 12.9. The first-order chi connectivity index (χ1) is 20.8. The first-order valence-corrected chi connectivity index (χ1v) is 15.1. The summed E-state index contributed by atoms with van der Waals surface area (Å²) >= 11 is 8.23. The number of benzene rings is 2. The fourth-order valence-electron chi connectivity index (χ4n) is 4.18. The molecule has 0 aliphatic carbocycles. The summed E-state index contributed by atoms with van der Waals surface area (Å²) in [5.41, 5.74) is 1.45. The molecule has 2 aromatic carbocycles. The number of aromatic nitrogens is 2. The smallest absolute Gasteiger partial charge is 0.264 e. The number of rotatable bonds is 6. The monoisotopic (exact) mass is 666 g/mol. The lowest BCUT2D eigenvalue weighted by Gasteiger charge is -2.09. The first kappa shape index (κ1) is 31.7. The van der Waals surface area contributed by atoms with Crippen molar-refractivity contribution >= 4 is 58.4 Å². The molecule has 0 fully saturated rings. The van der Waals surface area contributed by atoms with E-state index in [1.54, 1.807) is 30.8 Å². The van der Waals surface area contributed by atoms with Crippen LogP contribution in [-0.2, 0) is 25.2 Å². The van der Waals surface area contributed by atoms with Gasteiger partial charge in [0.2, 0.25) is 0 Å². The Balaban J connectivity index is 0.000000175. The summed E-state index contributed by atoms with van der Waals surface area (Å²) in [6, 6.07) is 7.79. The van der Waals surface area contributed by atoms with Gasteiger partial charge in [0.05, 0.1) is 53.5 Å². The van der Waals surface area contributed by atoms with E-state index in [1.165, 1.54) is 34.8 Å². The van der Waals surface area contributed by atoms with E-state index < -0.39 is 23.5 Å². The van der Waals surface area contributed by atoms with Gasteiger partial charge in [-0.1, -0.05) is 17.7 Å². The number of alkyl halides is 6. The van der Waals surface area contributed by atoms with Crippen LogP contribution in [0, 0.1) is 6.92 Å². The Morgan fingerprint density at radius 2 is 1.30 bits per heavy atom. The second-order valence-corrected chi connectivity index (χ2v) is 11.7. The molecule has 15 heteroatoms. The molecule has 4 heterocycles. The number of hydrogen-bond donors (Lipinski definition) is 0. The van der Waals surface area contributed by atoms with E-state index >= 15 is 0 Å². The van der Waals surface area contributed by atoms with Gasteiger partial charge in [0.25, 0.3) is 0 Å². The number of aliphatic imine (C=N–C) groups is 4. The summed E-state index contributed by atoms with van der Waals surface area (Å²) in [5, 5.41) is 4.41. The summed E-state index contributed by atoms with van der Waals surface area (Å²) in [6.45, 7) is 2.80. The Bertz CT molecular complexity index is 1790. The van der Waals surface area contributed by atoms with Crippen LogP contribution in [0.15, 0.2) is 67.1 Å². The van der Waals surface area contributed by atoms with E-state index in [-0.39, 0.29) is 5.02 Å². The van der Waals surface area contributed by atoms with Crippen molar-refractivity contribution in [1.29, 1.82) is 0 Å². The largest absolute Gasteiger partial charge is 0.417 e. The third-order valence-electron chi connectivity index (χ3n) is 6.14. The predicted molar refractivity (Wildman–Crippen MR) is 164 cm³/mol. The van der Waals surface area contributed by atoms with Crippen molar-refractivity contribution in [3.63, 3.8) is 0 Å². The van der Waals surface area contributed by atoms with Crippen LogP contribution in [0.25, 0.3) is 21.1 Å². The zero-order chi connectivity index (χ0) is 31.5. The molecule has 6 nitrogen and oxygen atoms in total. The molecule has 228 valence electrons. The predicted octanol–water partition coefficient (Wildman–Crippen LogP) is 8.67. The average Bonchev–Trinajstić information content (AvgIpc) is 3.78. The van der Waals surface area contributed by atoms with Gasteiger partial charge < -0.3 is 0 Å². The molecular formula is C29H21ClF6N6S2. The third kappa shape index (κ3) is 8.04. The van der Waals surface area contributed by atoms with E-state index in [4.69, 9.17) is 11.6 Å². The van der Waals surface area contributed by atoms with E-state index in [0.29, 0.717) is 64.3 Å². The molecule has 0 saturated heterocycles. The van der Waals surface area contributed by atoms with Gasteiger partial charge in [-0.25, -0.2) is 20.0 Å². The summed E-state index contributed by atoms with van der Waals surface area (Å²) in [6.07, 6.45) is -4.43. The van der Waals surface area contributed by atoms with E-state index in [2.05, 4.69) is 29.9 Å². The maximum Gasteiger partial charge on any atom is 0.417 e. The summed E-state index contributed by atoms with van der Waals surface area (Å²) in [7, 11) is 0. The molecule has 0 bridgehead atoms. The Kier molecular flexibility index (Phi) is 9.42. The maximum atomic E-state index is 12.9. The van der Waals surface area contributed by atoms with E-state index in [1.807, 2.05) is 5.38 Å². The normalized spacial score (nSPS) is 14.5. The van der Waals surface area contributed by atoms with Gasteiger partial charge in [-0.3, -0.25) is 9.98 Å². The topological polar surface area (TPSA) is 75.2 Å². The highest BCUT2D eigenvalue weighted by molar-refractivity contribution is 7.13. The van der Waals surface area contributed by atoms with Crippen molar-refractivity contribution in [2.45, 2.75) is 32.1 Å². The fourth-order valence-corrected chi connectivity index (χ4v) is 6.03. The van der Waals surface area contributed by atoms with E-state index in [0.717, 1.165) is 29.6 Å². The van der Waals surface area contributed by atoms with Crippen molar-refractivity contribution in [3.8, 4) is 21.1 Å². The second kappa shape index (κ2) is 13.1. The Morgan fingerprint density at radius 1 is 0.727 bits per heavy atom.